The molecule has 2 rings (SSSR count). The van der Waals surface area contributed by atoms with Crippen molar-refractivity contribution in [1.29, 1.82) is 0 Å². The maximum absolute atomic E-state index is 4.27. The van der Waals surface area contributed by atoms with Crippen LogP contribution in [0.4, 0.5) is 0 Å². The molecule has 0 saturated carbocycles. The van der Waals surface area contributed by atoms with E-state index in [4.69, 9.17) is 0 Å². The molecule has 0 amide bonds. The average molecular weight is 157 g/mol. The fourth-order valence-corrected chi connectivity index (χ4v) is 1.19. The third-order valence-electron chi connectivity index (χ3n) is 1.80. The largest absolute Gasteiger partial charge is 0.352 e. The van der Waals surface area contributed by atoms with E-state index in [1.165, 1.54) is 5.56 Å². The number of aromatic amines is 1. The number of aryl methyl sites for hydroxylation is 1. The quantitative estimate of drug-likeness (QED) is 0.675. The van der Waals surface area contributed by atoms with Gasteiger partial charge in [0, 0.05) is 6.20 Å². The molecule has 0 fully saturated rings. The zero-order valence-electron chi connectivity index (χ0n) is 6.83. The summed E-state index contributed by atoms with van der Waals surface area (Å²) in [5.74, 6) is 0. The second-order valence-corrected chi connectivity index (χ2v) is 2.69. The van der Waals surface area contributed by atoms with E-state index in [-0.39, 0.29) is 0 Å². The van der Waals surface area contributed by atoms with E-state index in [2.05, 4.69) is 16.2 Å². The summed E-state index contributed by atoms with van der Waals surface area (Å²) in [6.45, 7) is 2.04. The van der Waals surface area contributed by atoms with Crippen LogP contribution in [-0.2, 0) is 0 Å². The fourth-order valence-electron chi connectivity index (χ4n) is 1.19. The van der Waals surface area contributed by atoms with Crippen molar-refractivity contribution in [2.45, 2.75) is 6.92 Å². The first-order chi connectivity index (χ1) is 5.88. The highest BCUT2D eigenvalue weighted by molar-refractivity contribution is 5.57. The van der Waals surface area contributed by atoms with Crippen LogP contribution in [0.5, 0.6) is 0 Å². The van der Waals surface area contributed by atoms with Crippen LogP contribution < -0.4 is 0 Å². The van der Waals surface area contributed by atoms with E-state index in [0.29, 0.717) is 0 Å². The summed E-state index contributed by atoms with van der Waals surface area (Å²) in [6.07, 6.45) is 4.69. The summed E-state index contributed by atoms with van der Waals surface area (Å²) >= 11 is 0. The van der Waals surface area contributed by atoms with Crippen molar-refractivity contribution in [3.8, 4) is 11.4 Å². The molecule has 59 valence electrons. The molecule has 0 bridgehead atoms. The second-order valence-electron chi connectivity index (χ2n) is 2.69. The Hall–Kier alpha value is -1.57. The van der Waals surface area contributed by atoms with Crippen molar-refractivity contribution in [3.05, 3.63) is 42.2 Å². The van der Waals surface area contributed by atoms with Crippen LogP contribution in [0.15, 0.2) is 30.5 Å². The van der Waals surface area contributed by atoms with Crippen LogP contribution in [0, 0.1) is 13.1 Å². The van der Waals surface area contributed by atoms with Gasteiger partial charge in [0.2, 0.25) is 0 Å². The standard InChI is InChI=1S/C10H9N2/c1-8-4-2-7-12-10(8)9-5-3-6-11-9/h2-5,7,11H,1H3. The third-order valence-corrected chi connectivity index (χ3v) is 1.80. The molecule has 2 aromatic rings. The zero-order valence-corrected chi connectivity index (χ0v) is 6.83. The third kappa shape index (κ3) is 1.11. The van der Waals surface area contributed by atoms with Gasteiger partial charge in [-0.1, -0.05) is 6.07 Å². The van der Waals surface area contributed by atoms with Gasteiger partial charge in [-0.05, 0) is 30.7 Å². The summed E-state index contributed by atoms with van der Waals surface area (Å²) in [7, 11) is 0. The van der Waals surface area contributed by atoms with Crippen LogP contribution in [0.1, 0.15) is 5.56 Å². The lowest BCUT2D eigenvalue weighted by Crippen LogP contribution is -1.86. The van der Waals surface area contributed by atoms with Gasteiger partial charge in [-0.2, -0.15) is 0 Å². The Morgan fingerprint density at radius 3 is 3.00 bits per heavy atom. The minimum atomic E-state index is 0.999. The molecule has 0 aliphatic rings. The van der Waals surface area contributed by atoms with Gasteiger partial charge in [-0.25, -0.2) is 0 Å². The molecule has 12 heavy (non-hydrogen) atoms. The van der Waals surface area contributed by atoms with Gasteiger partial charge in [0.05, 0.1) is 17.6 Å². The van der Waals surface area contributed by atoms with Gasteiger partial charge >= 0.3 is 0 Å². The summed E-state index contributed by atoms with van der Waals surface area (Å²) in [4.78, 5) is 7.28. The van der Waals surface area contributed by atoms with Crippen LogP contribution in [-0.4, -0.2) is 9.97 Å². The Morgan fingerprint density at radius 1 is 1.42 bits per heavy atom. The van der Waals surface area contributed by atoms with Crippen LogP contribution in [0.2, 0.25) is 0 Å². The zero-order chi connectivity index (χ0) is 8.39. The summed E-state index contributed by atoms with van der Waals surface area (Å²) < 4.78 is 0. The Kier molecular flexibility index (Phi) is 1.67. The maximum atomic E-state index is 4.27. The second kappa shape index (κ2) is 2.81. The van der Waals surface area contributed by atoms with Crippen molar-refractivity contribution >= 4 is 0 Å². The molecule has 2 nitrogen and oxygen atoms in total. The van der Waals surface area contributed by atoms with E-state index in [1.54, 1.807) is 6.20 Å². The Bertz CT molecular complexity index is 363. The number of hydrogen-bond donors (Lipinski definition) is 1. The number of aromatic nitrogens is 2. The van der Waals surface area contributed by atoms with Gasteiger partial charge < -0.3 is 4.98 Å². The van der Waals surface area contributed by atoms with Crippen molar-refractivity contribution in [3.63, 3.8) is 0 Å². The normalized spacial score (nSPS) is 10.1. The lowest BCUT2D eigenvalue weighted by molar-refractivity contribution is 1.23. The Labute approximate surface area is 71.3 Å². The highest BCUT2D eigenvalue weighted by Gasteiger charge is 2.01. The van der Waals surface area contributed by atoms with E-state index in [9.17, 15) is 0 Å². The topological polar surface area (TPSA) is 28.7 Å². The molecule has 0 saturated heterocycles. The highest BCUT2D eigenvalue weighted by Crippen LogP contribution is 2.16. The first kappa shape index (κ1) is 7.10. The smallest absolute Gasteiger partial charge is 0.0893 e. The Morgan fingerprint density at radius 2 is 2.33 bits per heavy atom. The van der Waals surface area contributed by atoms with E-state index >= 15 is 0 Å². The molecule has 2 aromatic heterocycles. The Balaban J connectivity index is 2.55. The highest BCUT2D eigenvalue weighted by atomic mass is 14.8. The average Bonchev–Trinajstić information content (AvgIpc) is 2.57. The van der Waals surface area contributed by atoms with Crippen molar-refractivity contribution in [1.82, 2.24) is 9.97 Å². The molecular formula is C10H9N2. The minimum absolute atomic E-state index is 0.999. The molecule has 0 aliphatic carbocycles. The van der Waals surface area contributed by atoms with Gasteiger partial charge in [0.25, 0.3) is 0 Å². The monoisotopic (exact) mass is 157 g/mol. The number of H-pyrrole nitrogens is 1. The molecule has 0 spiro atoms. The number of nitrogens with zero attached hydrogens (tertiary/aromatic N) is 1. The first-order valence-electron chi connectivity index (χ1n) is 3.85. The summed E-state index contributed by atoms with van der Waals surface area (Å²) in [6, 6.07) is 7.80. The molecule has 0 unspecified atom stereocenters. The fraction of sp³-hybridized carbons (Fsp3) is 0.100. The minimum Gasteiger partial charge on any atom is -0.352 e. The van der Waals surface area contributed by atoms with Gasteiger partial charge in [0.15, 0.2) is 0 Å². The number of hydrogen-bond acceptors (Lipinski definition) is 1. The molecule has 0 aliphatic heterocycles. The number of pyridine rings is 1. The first-order valence-corrected chi connectivity index (χ1v) is 3.85. The molecule has 1 N–H and O–H groups in total. The molecule has 1 radical (unpaired) electrons. The van der Waals surface area contributed by atoms with Crippen molar-refractivity contribution in [2.24, 2.45) is 0 Å². The molecule has 2 heterocycles. The predicted molar refractivity (Wildman–Crippen MR) is 47.6 cm³/mol. The van der Waals surface area contributed by atoms with Crippen molar-refractivity contribution < 1.29 is 0 Å². The summed E-state index contributed by atoms with van der Waals surface area (Å²) in [5.41, 5.74) is 3.19. The van der Waals surface area contributed by atoms with E-state index in [0.717, 1.165) is 11.4 Å². The molecular weight excluding hydrogens is 148 g/mol. The van der Waals surface area contributed by atoms with Gasteiger partial charge in [-0.3, -0.25) is 4.98 Å². The SMILES string of the molecule is Cc1cccnc1-c1cc[c][nH]1. The maximum Gasteiger partial charge on any atom is 0.0893 e. The number of rotatable bonds is 1. The van der Waals surface area contributed by atoms with Gasteiger partial charge in [-0.15, -0.1) is 0 Å². The van der Waals surface area contributed by atoms with E-state index in [1.807, 2.05) is 31.2 Å². The van der Waals surface area contributed by atoms with Crippen LogP contribution in [0.3, 0.4) is 0 Å². The lowest BCUT2D eigenvalue weighted by Gasteiger charge is -1.99. The van der Waals surface area contributed by atoms with E-state index < -0.39 is 0 Å². The predicted octanol–water partition coefficient (Wildman–Crippen LogP) is 2.19. The van der Waals surface area contributed by atoms with Crippen LogP contribution in [0.25, 0.3) is 11.4 Å². The molecule has 0 aromatic carbocycles. The lowest BCUT2D eigenvalue weighted by atomic mass is 10.2. The molecule has 2 heteroatoms. The molecule has 0 atom stereocenters. The van der Waals surface area contributed by atoms with Crippen molar-refractivity contribution in [2.75, 3.05) is 0 Å². The van der Waals surface area contributed by atoms with Crippen LogP contribution >= 0.6 is 0 Å². The summed E-state index contributed by atoms with van der Waals surface area (Å²) in [5, 5.41) is 0. The van der Waals surface area contributed by atoms with Gasteiger partial charge in [0.1, 0.15) is 0 Å². The number of nitrogens with one attached hydrogen (secondary N) is 1.